The summed E-state index contributed by atoms with van der Waals surface area (Å²) in [6.45, 7) is 3.43. The Bertz CT molecular complexity index is 684. The molecule has 0 aromatic heterocycles. The molecule has 3 amide bonds. The summed E-state index contributed by atoms with van der Waals surface area (Å²) in [6.07, 6.45) is 7.56. The average molecular weight is 342 g/mol. The summed E-state index contributed by atoms with van der Waals surface area (Å²) in [7, 11) is 0. The molecule has 0 aliphatic carbocycles. The summed E-state index contributed by atoms with van der Waals surface area (Å²) < 4.78 is 0. The minimum absolute atomic E-state index is 0.0421. The second-order valence-electron chi connectivity index (χ2n) is 6.61. The van der Waals surface area contributed by atoms with Crippen LogP contribution in [0.2, 0.25) is 0 Å². The highest BCUT2D eigenvalue weighted by atomic mass is 16.2. The van der Waals surface area contributed by atoms with Gasteiger partial charge in [-0.2, -0.15) is 0 Å². The van der Waals surface area contributed by atoms with Crippen molar-refractivity contribution in [3.05, 3.63) is 23.8 Å². The van der Waals surface area contributed by atoms with Crippen LogP contribution in [-0.4, -0.2) is 35.8 Å². The van der Waals surface area contributed by atoms with Crippen LogP contribution in [0.15, 0.2) is 23.2 Å². The van der Waals surface area contributed by atoms with Crippen molar-refractivity contribution in [3.63, 3.8) is 0 Å². The van der Waals surface area contributed by atoms with Gasteiger partial charge in [0, 0.05) is 24.2 Å². The number of benzene rings is 1. The molecule has 6 heteroatoms. The number of carbonyl (C=O) groups is 2. The Hall–Kier alpha value is -2.37. The van der Waals surface area contributed by atoms with Gasteiger partial charge in [0.25, 0.3) is 0 Å². The Labute approximate surface area is 148 Å². The van der Waals surface area contributed by atoms with E-state index in [1.54, 1.807) is 4.90 Å². The number of urea groups is 1. The molecule has 0 unspecified atom stereocenters. The highest BCUT2D eigenvalue weighted by molar-refractivity contribution is 6.19. The molecule has 1 aromatic rings. The zero-order valence-electron chi connectivity index (χ0n) is 14.8. The fraction of sp³-hybridized carbons (Fsp3) is 0.526. The summed E-state index contributed by atoms with van der Waals surface area (Å²) in [5.41, 5.74) is 2.37. The van der Waals surface area contributed by atoms with Crippen molar-refractivity contribution in [3.8, 4) is 0 Å². The molecular formula is C19H26N4O2. The third-order valence-corrected chi connectivity index (χ3v) is 4.63. The Balaban J connectivity index is 1.55. The fourth-order valence-corrected chi connectivity index (χ4v) is 3.26. The van der Waals surface area contributed by atoms with Crippen LogP contribution < -0.4 is 10.6 Å². The van der Waals surface area contributed by atoms with Crippen molar-refractivity contribution in [1.29, 1.82) is 0 Å². The molecule has 2 N–H and O–H groups in total. The molecule has 0 bridgehead atoms. The minimum atomic E-state index is -0.136. The summed E-state index contributed by atoms with van der Waals surface area (Å²) in [6, 6.07) is 5.41. The topological polar surface area (TPSA) is 73.8 Å². The van der Waals surface area contributed by atoms with E-state index in [1.807, 2.05) is 18.2 Å². The van der Waals surface area contributed by atoms with Crippen LogP contribution in [0.5, 0.6) is 0 Å². The first-order valence-electron chi connectivity index (χ1n) is 9.26. The van der Waals surface area contributed by atoms with E-state index in [1.165, 1.54) is 25.7 Å². The van der Waals surface area contributed by atoms with Gasteiger partial charge < -0.3 is 10.6 Å². The quantitative estimate of drug-likeness (QED) is 0.701. The molecule has 25 heavy (non-hydrogen) atoms. The van der Waals surface area contributed by atoms with Gasteiger partial charge in [-0.15, -0.1) is 0 Å². The molecule has 1 aromatic carbocycles. The predicted octanol–water partition coefficient (Wildman–Crippen LogP) is 3.98. The monoisotopic (exact) mass is 342 g/mol. The highest BCUT2D eigenvalue weighted by Gasteiger charge is 2.31. The van der Waals surface area contributed by atoms with Gasteiger partial charge >= 0.3 is 6.03 Å². The predicted molar refractivity (Wildman–Crippen MR) is 100 cm³/mol. The smallest absolute Gasteiger partial charge is 0.326 e. The van der Waals surface area contributed by atoms with Gasteiger partial charge in [0.2, 0.25) is 5.91 Å². The lowest BCUT2D eigenvalue weighted by Gasteiger charge is -2.26. The minimum Gasteiger partial charge on any atom is -0.326 e. The Morgan fingerprint density at radius 1 is 1.24 bits per heavy atom. The molecule has 2 aliphatic rings. The van der Waals surface area contributed by atoms with Gasteiger partial charge in [0.05, 0.1) is 12.2 Å². The van der Waals surface area contributed by atoms with E-state index < -0.39 is 0 Å². The lowest BCUT2D eigenvalue weighted by molar-refractivity contribution is -0.116. The molecule has 0 radical (unpaired) electrons. The number of nitrogens with zero attached hydrogens (tertiary/aromatic N) is 2. The highest BCUT2D eigenvalue weighted by Crippen LogP contribution is 2.28. The number of unbranched alkanes of at least 4 members (excludes halogenated alkanes) is 5. The third-order valence-electron chi connectivity index (χ3n) is 4.63. The van der Waals surface area contributed by atoms with Gasteiger partial charge in [-0.25, -0.2) is 4.79 Å². The van der Waals surface area contributed by atoms with E-state index in [2.05, 4.69) is 22.5 Å². The lowest BCUT2D eigenvalue weighted by atomic mass is 10.1. The number of aliphatic imine (C=N–C) groups is 1. The van der Waals surface area contributed by atoms with Crippen LogP contribution in [0.25, 0.3) is 0 Å². The van der Waals surface area contributed by atoms with Gasteiger partial charge in [-0.1, -0.05) is 39.0 Å². The molecule has 0 saturated carbocycles. The average Bonchev–Trinajstić information content (AvgIpc) is 3.09. The van der Waals surface area contributed by atoms with Crippen molar-refractivity contribution >= 4 is 29.1 Å². The van der Waals surface area contributed by atoms with Crippen molar-refractivity contribution in [1.82, 2.24) is 4.90 Å². The molecular weight excluding hydrogens is 316 g/mol. The van der Waals surface area contributed by atoms with Crippen molar-refractivity contribution < 1.29 is 9.59 Å². The Morgan fingerprint density at radius 3 is 2.88 bits per heavy atom. The van der Waals surface area contributed by atoms with Crippen molar-refractivity contribution in [2.24, 2.45) is 4.99 Å². The third kappa shape index (κ3) is 4.18. The number of carbonyl (C=O) groups excluding carboxylic acids is 2. The van der Waals surface area contributed by atoms with Gasteiger partial charge in [-0.05, 0) is 24.6 Å². The lowest BCUT2D eigenvalue weighted by Crippen LogP contribution is -2.42. The van der Waals surface area contributed by atoms with E-state index >= 15 is 0 Å². The summed E-state index contributed by atoms with van der Waals surface area (Å²) in [5, 5.41) is 5.82. The molecule has 6 nitrogen and oxygen atoms in total. The number of hydrogen-bond acceptors (Lipinski definition) is 3. The SMILES string of the molecule is CCCCCCCCC(=O)Nc1ccc2c(c1)C1=NCCN1C(=O)N2. The molecule has 0 fully saturated rings. The van der Waals surface area contributed by atoms with Gasteiger partial charge in [0.15, 0.2) is 0 Å². The van der Waals surface area contributed by atoms with Crippen molar-refractivity contribution in [2.45, 2.75) is 51.9 Å². The number of amides is 3. The maximum absolute atomic E-state index is 12.1. The van der Waals surface area contributed by atoms with Crippen LogP contribution in [0, 0.1) is 0 Å². The normalized spacial score (nSPS) is 15.3. The molecule has 3 rings (SSSR count). The van der Waals surface area contributed by atoms with Crippen molar-refractivity contribution in [2.75, 3.05) is 23.7 Å². The largest absolute Gasteiger partial charge is 0.327 e. The molecule has 134 valence electrons. The van der Waals surface area contributed by atoms with E-state index in [0.717, 1.165) is 29.8 Å². The first-order chi connectivity index (χ1) is 12.2. The van der Waals surface area contributed by atoms with Gasteiger partial charge in [0.1, 0.15) is 5.84 Å². The maximum atomic E-state index is 12.1. The second kappa shape index (κ2) is 8.14. The number of rotatable bonds is 8. The van der Waals surface area contributed by atoms with E-state index in [4.69, 9.17) is 0 Å². The molecule has 0 saturated heterocycles. The van der Waals surface area contributed by atoms with Crippen LogP contribution >= 0.6 is 0 Å². The fourth-order valence-electron chi connectivity index (χ4n) is 3.26. The van der Waals surface area contributed by atoms with E-state index in [9.17, 15) is 9.59 Å². The van der Waals surface area contributed by atoms with Crippen LogP contribution in [0.3, 0.4) is 0 Å². The summed E-state index contributed by atoms with van der Waals surface area (Å²) in [4.78, 5) is 30.2. The zero-order valence-corrected chi connectivity index (χ0v) is 14.8. The van der Waals surface area contributed by atoms with Crippen LogP contribution in [-0.2, 0) is 4.79 Å². The number of amidine groups is 1. The zero-order chi connectivity index (χ0) is 17.6. The van der Waals surface area contributed by atoms with Crippen LogP contribution in [0.1, 0.15) is 57.4 Å². The van der Waals surface area contributed by atoms with E-state index in [-0.39, 0.29) is 11.9 Å². The maximum Gasteiger partial charge on any atom is 0.327 e. The number of hydrogen-bond donors (Lipinski definition) is 2. The van der Waals surface area contributed by atoms with Crippen LogP contribution in [0.4, 0.5) is 16.2 Å². The molecule has 0 atom stereocenters. The second-order valence-corrected chi connectivity index (χ2v) is 6.61. The molecule has 2 aliphatic heterocycles. The number of nitrogens with one attached hydrogen (secondary N) is 2. The Kier molecular flexibility index (Phi) is 5.68. The molecule has 0 spiro atoms. The number of anilines is 2. The summed E-state index contributed by atoms with van der Waals surface area (Å²) in [5.74, 6) is 0.742. The van der Waals surface area contributed by atoms with E-state index in [0.29, 0.717) is 25.3 Å². The Morgan fingerprint density at radius 2 is 2.04 bits per heavy atom. The molecule has 2 heterocycles. The first-order valence-corrected chi connectivity index (χ1v) is 9.26. The first kappa shape index (κ1) is 17.5. The standard InChI is InChI=1S/C19H26N4O2/c1-2-3-4-5-6-7-8-17(24)21-14-9-10-16-15(13-14)18-20-11-12-23(18)19(25)22-16/h9-10,13H,2-8,11-12H2,1H3,(H,21,24)(H,22,25). The summed E-state index contributed by atoms with van der Waals surface area (Å²) >= 11 is 0. The van der Waals surface area contributed by atoms with Gasteiger partial charge in [-0.3, -0.25) is 14.7 Å². The number of fused-ring (bicyclic) bond motifs is 3.